The molecule has 0 saturated carbocycles. The number of hydrogen-bond acceptors (Lipinski definition) is 4. The third-order valence-electron chi connectivity index (χ3n) is 3.96. The first-order chi connectivity index (χ1) is 9.70. The van der Waals surface area contributed by atoms with Gasteiger partial charge in [0.2, 0.25) is 15.9 Å². The lowest BCUT2D eigenvalue weighted by Crippen LogP contribution is -2.38. The van der Waals surface area contributed by atoms with Gasteiger partial charge in [-0.1, -0.05) is 0 Å². The van der Waals surface area contributed by atoms with Crippen LogP contribution in [0.1, 0.15) is 24.5 Å². The summed E-state index contributed by atoms with van der Waals surface area (Å²) in [5.41, 5.74) is 5.45. The molecule has 1 heterocycles. The fourth-order valence-corrected chi connectivity index (χ4v) is 4.24. The summed E-state index contributed by atoms with van der Waals surface area (Å²) < 4.78 is 26.6. The number of carbonyl (C=O) groups excluding carboxylic acids is 1. The second-order valence-electron chi connectivity index (χ2n) is 5.61. The highest BCUT2D eigenvalue weighted by Gasteiger charge is 2.43. The topological polar surface area (TPSA) is 104 Å². The van der Waals surface area contributed by atoms with Gasteiger partial charge in [0.25, 0.3) is 0 Å². The highest BCUT2D eigenvalue weighted by atomic mass is 32.2. The van der Waals surface area contributed by atoms with Crippen LogP contribution in [-0.4, -0.2) is 31.7 Å². The molecular formula is C14H17N3O3S. The summed E-state index contributed by atoms with van der Waals surface area (Å²) >= 11 is 0. The van der Waals surface area contributed by atoms with E-state index in [9.17, 15) is 13.2 Å². The Labute approximate surface area is 124 Å². The number of sulfonamides is 1. The van der Waals surface area contributed by atoms with Gasteiger partial charge in [0.15, 0.2) is 0 Å². The lowest BCUT2D eigenvalue weighted by molar-refractivity contribution is -0.126. The van der Waals surface area contributed by atoms with Crippen LogP contribution in [0, 0.1) is 23.7 Å². The summed E-state index contributed by atoms with van der Waals surface area (Å²) in [6, 6.07) is 6.42. The quantitative estimate of drug-likeness (QED) is 0.889. The zero-order chi connectivity index (χ0) is 15.8. The molecule has 112 valence electrons. The van der Waals surface area contributed by atoms with Crippen molar-refractivity contribution in [2.75, 3.05) is 13.1 Å². The predicted molar refractivity (Wildman–Crippen MR) is 76.6 cm³/mol. The highest BCUT2D eigenvalue weighted by molar-refractivity contribution is 7.89. The number of nitrogens with two attached hydrogens (primary N) is 1. The number of amides is 1. The number of benzene rings is 1. The molecule has 1 aromatic rings. The molecule has 1 fully saturated rings. The lowest BCUT2D eigenvalue weighted by Gasteiger charge is -2.21. The van der Waals surface area contributed by atoms with Crippen LogP contribution < -0.4 is 5.73 Å². The summed E-state index contributed by atoms with van der Waals surface area (Å²) in [6.07, 6.45) is 0.414. The van der Waals surface area contributed by atoms with Gasteiger partial charge < -0.3 is 5.73 Å². The van der Waals surface area contributed by atoms with Crippen molar-refractivity contribution in [3.63, 3.8) is 0 Å². The first-order valence-corrected chi connectivity index (χ1v) is 7.95. The molecule has 1 aliphatic heterocycles. The number of nitrogens with zero attached hydrogens (tertiary/aromatic N) is 2. The number of hydrogen-bond donors (Lipinski definition) is 1. The van der Waals surface area contributed by atoms with Crippen LogP contribution in [0.5, 0.6) is 0 Å². The van der Waals surface area contributed by atoms with E-state index < -0.39 is 21.3 Å². The van der Waals surface area contributed by atoms with E-state index in [1.165, 1.54) is 22.5 Å². The fraction of sp³-hybridized carbons (Fsp3) is 0.429. The first kappa shape index (κ1) is 15.5. The minimum absolute atomic E-state index is 0.0874. The molecule has 0 aromatic heterocycles. The van der Waals surface area contributed by atoms with E-state index in [2.05, 4.69) is 0 Å². The Kier molecular flexibility index (Phi) is 3.78. The fourth-order valence-electron chi connectivity index (χ4n) is 2.47. The molecule has 1 aliphatic rings. The van der Waals surface area contributed by atoms with Gasteiger partial charge in [0.1, 0.15) is 0 Å². The standard InChI is InChI=1S/C14H17N3O3S/c1-10-7-11(8-15)3-4-12(10)21(19,20)17-6-5-14(2,9-17)13(16)18/h3-4,7H,5-6,9H2,1-2H3,(H2,16,18). The van der Waals surface area contributed by atoms with Crippen molar-refractivity contribution in [3.8, 4) is 6.07 Å². The molecule has 0 radical (unpaired) electrons. The molecule has 1 aromatic carbocycles. The van der Waals surface area contributed by atoms with Crippen molar-refractivity contribution in [1.82, 2.24) is 4.31 Å². The summed E-state index contributed by atoms with van der Waals surface area (Å²) in [5.74, 6) is -0.489. The van der Waals surface area contributed by atoms with Crippen LogP contribution in [0.3, 0.4) is 0 Å². The summed E-state index contributed by atoms with van der Waals surface area (Å²) in [6.45, 7) is 3.68. The van der Waals surface area contributed by atoms with Crippen LogP contribution in [0.2, 0.25) is 0 Å². The normalized spacial score (nSPS) is 22.9. The molecule has 0 aliphatic carbocycles. The van der Waals surface area contributed by atoms with E-state index in [1.807, 2.05) is 6.07 Å². The molecule has 6 nitrogen and oxygen atoms in total. The second-order valence-corrected chi connectivity index (χ2v) is 7.51. The predicted octanol–water partition coefficient (Wildman–Crippen LogP) is 0.753. The van der Waals surface area contributed by atoms with Crippen LogP contribution >= 0.6 is 0 Å². The number of primary amides is 1. The van der Waals surface area contributed by atoms with E-state index >= 15 is 0 Å². The van der Waals surface area contributed by atoms with E-state index in [-0.39, 0.29) is 18.0 Å². The molecule has 1 saturated heterocycles. The third-order valence-corrected chi connectivity index (χ3v) is 5.96. The Morgan fingerprint density at radius 3 is 2.62 bits per heavy atom. The van der Waals surface area contributed by atoms with Gasteiger partial charge in [0, 0.05) is 13.1 Å². The van der Waals surface area contributed by atoms with E-state index in [0.29, 0.717) is 17.5 Å². The summed E-state index contributed by atoms with van der Waals surface area (Å²) in [4.78, 5) is 11.6. The molecule has 0 bridgehead atoms. The molecule has 7 heteroatoms. The Hall–Kier alpha value is -1.91. The number of aryl methyl sites for hydroxylation is 1. The van der Waals surface area contributed by atoms with Gasteiger partial charge in [0.05, 0.1) is 21.9 Å². The van der Waals surface area contributed by atoms with Crippen molar-refractivity contribution in [2.24, 2.45) is 11.1 Å². The number of rotatable bonds is 3. The zero-order valence-corrected chi connectivity index (χ0v) is 12.8. The summed E-state index contributed by atoms with van der Waals surface area (Å²) in [5, 5.41) is 8.84. The van der Waals surface area contributed by atoms with Crippen molar-refractivity contribution >= 4 is 15.9 Å². The van der Waals surface area contributed by atoms with E-state index in [1.54, 1.807) is 13.8 Å². The molecule has 1 atom stereocenters. The highest BCUT2D eigenvalue weighted by Crippen LogP contribution is 2.33. The van der Waals surface area contributed by atoms with Gasteiger partial charge in [-0.3, -0.25) is 4.79 Å². The molecule has 2 N–H and O–H groups in total. The third kappa shape index (κ3) is 2.64. The molecule has 0 spiro atoms. The van der Waals surface area contributed by atoms with E-state index in [0.717, 1.165) is 0 Å². The molecule has 2 rings (SSSR count). The first-order valence-electron chi connectivity index (χ1n) is 6.51. The minimum Gasteiger partial charge on any atom is -0.369 e. The largest absolute Gasteiger partial charge is 0.369 e. The molecule has 1 unspecified atom stereocenters. The van der Waals surface area contributed by atoms with Crippen molar-refractivity contribution in [2.45, 2.75) is 25.2 Å². The van der Waals surface area contributed by atoms with Crippen LogP contribution in [0.25, 0.3) is 0 Å². The summed E-state index contributed by atoms with van der Waals surface area (Å²) in [7, 11) is -3.68. The molecule has 1 amide bonds. The maximum atomic E-state index is 12.7. The van der Waals surface area contributed by atoms with E-state index in [4.69, 9.17) is 11.0 Å². The van der Waals surface area contributed by atoms with Crippen LogP contribution in [0.15, 0.2) is 23.1 Å². The Morgan fingerprint density at radius 1 is 1.48 bits per heavy atom. The maximum Gasteiger partial charge on any atom is 0.243 e. The molecular weight excluding hydrogens is 290 g/mol. The van der Waals surface area contributed by atoms with Crippen molar-refractivity contribution in [3.05, 3.63) is 29.3 Å². The molecule has 21 heavy (non-hydrogen) atoms. The average molecular weight is 307 g/mol. The van der Waals surface area contributed by atoms with Crippen LogP contribution in [-0.2, 0) is 14.8 Å². The number of nitriles is 1. The van der Waals surface area contributed by atoms with Gasteiger partial charge in [-0.2, -0.15) is 9.57 Å². The van der Waals surface area contributed by atoms with Crippen molar-refractivity contribution in [1.29, 1.82) is 5.26 Å². The van der Waals surface area contributed by atoms with Gasteiger partial charge in [-0.25, -0.2) is 8.42 Å². The van der Waals surface area contributed by atoms with Gasteiger partial charge in [-0.05, 0) is 44.0 Å². The average Bonchev–Trinajstić information content (AvgIpc) is 2.83. The van der Waals surface area contributed by atoms with Gasteiger partial charge >= 0.3 is 0 Å². The second kappa shape index (κ2) is 5.13. The smallest absolute Gasteiger partial charge is 0.243 e. The Balaban J connectivity index is 2.37. The number of carbonyl (C=O) groups is 1. The minimum atomic E-state index is -3.68. The Morgan fingerprint density at radius 2 is 2.14 bits per heavy atom. The van der Waals surface area contributed by atoms with Crippen molar-refractivity contribution < 1.29 is 13.2 Å². The Bertz CT molecular complexity index is 736. The zero-order valence-electron chi connectivity index (χ0n) is 12.0. The lowest BCUT2D eigenvalue weighted by atomic mass is 9.89. The monoisotopic (exact) mass is 307 g/mol. The SMILES string of the molecule is Cc1cc(C#N)ccc1S(=O)(=O)N1CCC(C)(C(N)=O)C1. The van der Waals surface area contributed by atoms with Crippen LogP contribution in [0.4, 0.5) is 0 Å². The maximum absolute atomic E-state index is 12.7. The van der Waals surface area contributed by atoms with Gasteiger partial charge in [-0.15, -0.1) is 0 Å².